The summed E-state index contributed by atoms with van der Waals surface area (Å²) in [4.78, 5) is 29.1. The lowest BCUT2D eigenvalue weighted by molar-refractivity contribution is -0.119. The fourth-order valence-electron chi connectivity index (χ4n) is 1.90. The smallest absolute Gasteiger partial charge is 0.263 e. The predicted octanol–water partition coefficient (Wildman–Crippen LogP) is 1.41. The van der Waals surface area contributed by atoms with Gasteiger partial charge in [0.25, 0.3) is 5.91 Å². The molecule has 0 unspecified atom stereocenters. The molecule has 2 heterocycles. The molecule has 18 heavy (non-hydrogen) atoms. The highest BCUT2D eigenvalue weighted by Gasteiger charge is 2.29. The Balaban J connectivity index is 1.72. The van der Waals surface area contributed by atoms with Crippen molar-refractivity contribution in [3.05, 3.63) is 23.0 Å². The number of carbonyl (C=O) groups excluding carboxylic acids is 2. The van der Waals surface area contributed by atoms with E-state index >= 15 is 0 Å². The van der Waals surface area contributed by atoms with Gasteiger partial charge in [-0.1, -0.05) is 11.3 Å². The van der Waals surface area contributed by atoms with Crippen molar-refractivity contribution in [1.82, 2.24) is 14.7 Å². The van der Waals surface area contributed by atoms with E-state index in [1.165, 1.54) is 11.3 Å². The van der Waals surface area contributed by atoms with Gasteiger partial charge in [-0.2, -0.15) is 0 Å². The zero-order valence-corrected chi connectivity index (χ0v) is 10.8. The van der Waals surface area contributed by atoms with Crippen LogP contribution in [0.25, 0.3) is 4.96 Å². The van der Waals surface area contributed by atoms with Gasteiger partial charge in [-0.25, -0.2) is 4.98 Å². The molecule has 0 saturated heterocycles. The molecule has 1 aliphatic rings. The summed E-state index contributed by atoms with van der Waals surface area (Å²) in [5, 5.41) is 2.69. The number of hydrogen-bond donors (Lipinski definition) is 1. The van der Waals surface area contributed by atoms with Gasteiger partial charge in [0, 0.05) is 24.0 Å². The number of nitrogens with one attached hydrogen (secondary N) is 1. The summed E-state index contributed by atoms with van der Waals surface area (Å²) in [7, 11) is 0. The number of imidazole rings is 1. The number of hydrogen-bond acceptors (Lipinski definition) is 4. The molecule has 1 N–H and O–H groups in total. The molecule has 0 bridgehead atoms. The van der Waals surface area contributed by atoms with Crippen LogP contribution >= 0.6 is 11.3 Å². The van der Waals surface area contributed by atoms with Crippen LogP contribution in [0.4, 0.5) is 0 Å². The van der Waals surface area contributed by atoms with Crippen molar-refractivity contribution in [2.45, 2.75) is 19.8 Å². The normalized spacial score (nSPS) is 14.9. The van der Waals surface area contributed by atoms with Crippen molar-refractivity contribution < 1.29 is 9.59 Å². The number of thiazole rings is 1. The third kappa shape index (κ3) is 1.92. The summed E-state index contributed by atoms with van der Waals surface area (Å²) in [5.74, 6) is 0.145. The molecule has 94 valence electrons. The van der Waals surface area contributed by atoms with E-state index in [-0.39, 0.29) is 24.2 Å². The van der Waals surface area contributed by atoms with Crippen molar-refractivity contribution in [3.8, 4) is 0 Å². The largest absolute Gasteiger partial charge is 0.344 e. The average molecular weight is 263 g/mol. The summed E-state index contributed by atoms with van der Waals surface area (Å²) >= 11 is 1.34. The summed E-state index contributed by atoms with van der Waals surface area (Å²) in [6, 6.07) is 0. The van der Waals surface area contributed by atoms with Crippen LogP contribution in [0.15, 0.2) is 12.4 Å². The Morgan fingerprint density at radius 2 is 2.33 bits per heavy atom. The van der Waals surface area contributed by atoms with Crippen LogP contribution in [0.3, 0.4) is 0 Å². The third-order valence-electron chi connectivity index (χ3n) is 3.15. The van der Waals surface area contributed by atoms with E-state index in [0.29, 0.717) is 4.88 Å². The second kappa shape index (κ2) is 4.20. The van der Waals surface area contributed by atoms with Gasteiger partial charge in [0.1, 0.15) is 4.88 Å². The first-order chi connectivity index (χ1) is 8.66. The summed E-state index contributed by atoms with van der Waals surface area (Å²) in [5.41, 5.74) is 0.865. The quantitative estimate of drug-likeness (QED) is 0.907. The number of amides is 1. The monoisotopic (exact) mass is 263 g/mol. The zero-order valence-electron chi connectivity index (χ0n) is 9.97. The Hall–Kier alpha value is -1.69. The van der Waals surface area contributed by atoms with E-state index in [1.807, 2.05) is 17.5 Å². The molecule has 2 aromatic rings. The number of fused-ring (bicyclic) bond motifs is 1. The van der Waals surface area contributed by atoms with Gasteiger partial charge < -0.3 is 5.32 Å². The SMILES string of the molecule is Cc1c(C(=O)NCC(=O)C2CC2)sc2nccn12. The number of aromatic nitrogens is 2. The van der Waals surface area contributed by atoms with Gasteiger partial charge in [-0.15, -0.1) is 0 Å². The predicted molar refractivity (Wildman–Crippen MR) is 67.9 cm³/mol. The molecule has 6 heteroatoms. The number of ketones is 1. The number of Topliss-reactive ketones (excluding diaryl/α,β-unsaturated/α-hetero) is 1. The van der Waals surface area contributed by atoms with Crippen molar-refractivity contribution in [3.63, 3.8) is 0 Å². The maximum atomic E-state index is 12.0. The van der Waals surface area contributed by atoms with E-state index in [0.717, 1.165) is 23.5 Å². The van der Waals surface area contributed by atoms with Crippen molar-refractivity contribution in [1.29, 1.82) is 0 Å². The Kier molecular flexibility index (Phi) is 2.66. The molecular weight excluding hydrogens is 250 g/mol. The fraction of sp³-hybridized carbons (Fsp3) is 0.417. The molecule has 0 radical (unpaired) electrons. The minimum absolute atomic E-state index is 0.141. The summed E-state index contributed by atoms with van der Waals surface area (Å²) in [6.45, 7) is 2.02. The van der Waals surface area contributed by atoms with E-state index in [1.54, 1.807) is 6.20 Å². The molecule has 1 aliphatic carbocycles. The highest BCUT2D eigenvalue weighted by Crippen LogP contribution is 2.29. The molecule has 1 amide bonds. The van der Waals surface area contributed by atoms with Gasteiger partial charge in [0.2, 0.25) is 0 Å². The molecule has 3 rings (SSSR count). The van der Waals surface area contributed by atoms with Gasteiger partial charge in [-0.05, 0) is 19.8 Å². The van der Waals surface area contributed by atoms with Crippen molar-refractivity contribution in [2.75, 3.05) is 6.54 Å². The number of nitrogens with zero attached hydrogens (tertiary/aromatic N) is 2. The van der Waals surface area contributed by atoms with E-state index in [2.05, 4.69) is 10.3 Å². The Bertz CT molecular complexity index is 624. The fourth-order valence-corrected chi connectivity index (χ4v) is 2.91. The van der Waals surface area contributed by atoms with Crippen LogP contribution < -0.4 is 5.32 Å². The summed E-state index contributed by atoms with van der Waals surface area (Å²) < 4.78 is 1.88. The van der Waals surface area contributed by atoms with Crippen LogP contribution in [0.5, 0.6) is 0 Å². The first kappa shape index (κ1) is 11.4. The lowest BCUT2D eigenvalue weighted by atomic mass is 10.2. The minimum Gasteiger partial charge on any atom is -0.344 e. The highest BCUT2D eigenvalue weighted by molar-refractivity contribution is 7.19. The maximum absolute atomic E-state index is 12.0. The van der Waals surface area contributed by atoms with Gasteiger partial charge >= 0.3 is 0 Å². The van der Waals surface area contributed by atoms with Crippen LogP contribution in [-0.4, -0.2) is 27.6 Å². The number of rotatable bonds is 4. The molecule has 2 aromatic heterocycles. The number of aryl methyl sites for hydroxylation is 1. The first-order valence-electron chi connectivity index (χ1n) is 5.90. The average Bonchev–Trinajstić information content (AvgIpc) is 3.03. The molecule has 0 spiro atoms. The van der Waals surface area contributed by atoms with E-state index in [4.69, 9.17) is 0 Å². The Morgan fingerprint density at radius 1 is 1.56 bits per heavy atom. The minimum atomic E-state index is -0.183. The first-order valence-corrected chi connectivity index (χ1v) is 6.72. The zero-order chi connectivity index (χ0) is 12.7. The van der Waals surface area contributed by atoms with Crippen LogP contribution in [0.2, 0.25) is 0 Å². The Morgan fingerprint density at radius 3 is 3.00 bits per heavy atom. The standard InChI is InChI=1S/C12H13N3O2S/c1-7-10(18-12-13-4-5-15(7)12)11(17)14-6-9(16)8-2-3-8/h4-5,8H,2-3,6H2,1H3,(H,14,17). The topological polar surface area (TPSA) is 63.5 Å². The molecule has 0 atom stereocenters. The van der Waals surface area contributed by atoms with Crippen LogP contribution in [0.1, 0.15) is 28.2 Å². The van der Waals surface area contributed by atoms with E-state index in [9.17, 15) is 9.59 Å². The lowest BCUT2D eigenvalue weighted by Crippen LogP contribution is -2.30. The molecular formula is C12H13N3O2S. The second-order valence-electron chi connectivity index (χ2n) is 4.52. The van der Waals surface area contributed by atoms with Crippen molar-refractivity contribution >= 4 is 28.0 Å². The highest BCUT2D eigenvalue weighted by atomic mass is 32.1. The van der Waals surface area contributed by atoms with Gasteiger partial charge in [0.15, 0.2) is 10.7 Å². The maximum Gasteiger partial charge on any atom is 0.263 e. The lowest BCUT2D eigenvalue weighted by Gasteiger charge is -2.02. The van der Waals surface area contributed by atoms with Crippen molar-refractivity contribution in [2.24, 2.45) is 5.92 Å². The van der Waals surface area contributed by atoms with Crippen LogP contribution in [-0.2, 0) is 4.79 Å². The van der Waals surface area contributed by atoms with Crippen LogP contribution in [0, 0.1) is 12.8 Å². The molecule has 1 saturated carbocycles. The molecule has 0 aromatic carbocycles. The van der Waals surface area contributed by atoms with Gasteiger partial charge in [0.05, 0.1) is 6.54 Å². The van der Waals surface area contributed by atoms with Gasteiger partial charge in [-0.3, -0.25) is 14.0 Å². The summed E-state index contributed by atoms with van der Waals surface area (Å²) in [6.07, 6.45) is 5.48. The third-order valence-corrected chi connectivity index (χ3v) is 4.32. The van der Waals surface area contributed by atoms with E-state index < -0.39 is 0 Å². The Labute approximate surface area is 108 Å². The number of carbonyl (C=O) groups is 2. The second-order valence-corrected chi connectivity index (χ2v) is 5.50. The molecule has 0 aliphatic heterocycles. The molecule has 1 fully saturated rings. The molecule has 5 nitrogen and oxygen atoms in total.